The molecule has 4 aliphatic rings. The van der Waals surface area contributed by atoms with Crippen LogP contribution < -0.4 is 10.6 Å². The summed E-state index contributed by atoms with van der Waals surface area (Å²) in [6, 6.07) is 6.16. The number of amides is 1. The van der Waals surface area contributed by atoms with Crippen molar-refractivity contribution in [3.05, 3.63) is 41.1 Å². The first-order chi connectivity index (χ1) is 15.4. The molecule has 6 rings (SSSR count). The Labute approximate surface area is 183 Å². The normalized spacial score (nSPS) is 24.3. The minimum Gasteiger partial charge on any atom is -0.367 e. The van der Waals surface area contributed by atoms with Crippen LogP contribution in [-0.2, 0) is 11.0 Å². The topological polar surface area (TPSA) is 70.2 Å². The Balaban J connectivity index is 1.26. The van der Waals surface area contributed by atoms with Gasteiger partial charge in [-0.3, -0.25) is 4.79 Å². The van der Waals surface area contributed by atoms with Crippen LogP contribution in [0.25, 0.3) is 0 Å². The number of nitrogens with zero attached hydrogens (tertiary/aromatic N) is 3. The third-order valence-electron chi connectivity index (χ3n) is 7.17. The summed E-state index contributed by atoms with van der Waals surface area (Å²) in [6.07, 6.45) is 2.91. The van der Waals surface area contributed by atoms with Gasteiger partial charge in [0.05, 0.1) is 12.1 Å². The molecule has 2 aromatic rings. The molecule has 32 heavy (non-hydrogen) atoms. The van der Waals surface area contributed by atoms with Gasteiger partial charge in [-0.05, 0) is 68.2 Å². The van der Waals surface area contributed by atoms with Crippen molar-refractivity contribution in [1.29, 1.82) is 0 Å². The van der Waals surface area contributed by atoms with E-state index in [9.17, 15) is 18.0 Å². The number of rotatable bonds is 5. The van der Waals surface area contributed by atoms with Crippen LogP contribution in [0.4, 0.5) is 30.6 Å². The molecule has 1 aromatic heterocycles. The summed E-state index contributed by atoms with van der Waals surface area (Å²) in [7, 11) is 0. The highest BCUT2D eigenvalue weighted by atomic mass is 19.4. The van der Waals surface area contributed by atoms with E-state index in [0.29, 0.717) is 5.69 Å². The summed E-state index contributed by atoms with van der Waals surface area (Å²) in [5.41, 5.74) is 2.17. The van der Waals surface area contributed by atoms with E-state index >= 15 is 0 Å². The third-order valence-corrected chi connectivity index (χ3v) is 7.17. The van der Waals surface area contributed by atoms with Crippen molar-refractivity contribution >= 4 is 23.4 Å². The van der Waals surface area contributed by atoms with Gasteiger partial charge >= 0.3 is 6.18 Å². The van der Waals surface area contributed by atoms with Gasteiger partial charge in [0.2, 0.25) is 11.9 Å². The number of alkyl halides is 3. The molecular weight excluding hydrogens is 419 g/mol. The lowest BCUT2D eigenvalue weighted by molar-refractivity contribution is -0.137. The fourth-order valence-electron chi connectivity index (χ4n) is 5.15. The Kier molecular flexibility index (Phi) is 4.39. The van der Waals surface area contributed by atoms with Gasteiger partial charge in [0, 0.05) is 23.8 Å². The molecule has 0 spiro atoms. The molecule has 9 heteroatoms. The first-order valence-corrected chi connectivity index (χ1v) is 11.3. The molecule has 2 N–H and O–H groups in total. The zero-order chi connectivity index (χ0) is 22.0. The molecule has 2 bridgehead atoms. The summed E-state index contributed by atoms with van der Waals surface area (Å²) in [6.45, 7) is 0. The van der Waals surface area contributed by atoms with E-state index in [2.05, 4.69) is 25.5 Å². The van der Waals surface area contributed by atoms with E-state index in [0.717, 1.165) is 56.7 Å². The van der Waals surface area contributed by atoms with Crippen molar-refractivity contribution < 1.29 is 18.0 Å². The number of halogens is 3. The van der Waals surface area contributed by atoms with Gasteiger partial charge in [-0.1, -0.05) is 6.07 Å². The van der Waals surface area contributed by atoms with Gasteiger partial charge in [-0.15, -0.1) is 0 Å². The average molecular weight is 443 g/mol. The highest BCUT2D eigenvalue weighted by molar-refractivity contribution is 5.83. The van der Waals surface area contributed by atoms with Gasteiger partial charge in [-0.2, -0.15) is 18.2 Å². The summed E-state index contributed by atoms with van der Waals surface area (Å²) in [5, 5.41) is 5.99. The molecule has 2 aliphatic heterocycles. The zero-order valence-electron chi connectivity index (χ0n) is 17.5. The number of anilines is 3. The van der Waals surface area contributed by atoms with Crippen LogP contribution in [0.1, 0.15) is 73.7 Å². The van der Waals surface area contributed by atoms with Crippen LogP contribution in [0.2, 0.25) is 0 Å². The molecule has 2 saturated carbocycles. The number of carbonyl (C=O) groups is 1. The van der Waals surface area contributed by atoms with Crippen LogP contribution in [0, 0.1) is 5.92 Å². The molecule has 0 radical (unpaired) electrons. The van der Waals surface area contributed by atoms with E-state index in [1.807, 2.05) is 18.2 Å². The number of hydrogen-bond donors (Lipinski definition) is 2. The van der Waals surface area contributed by atoms with Crippen LogP contribution in [-0.4, -0.2) is 26.8 Å². The number of benzene rings is 1. The fourth-order valence-corrected chi connectivity index (χ4v) is 5.15. The van der Waals surface area contributed by atoms with Gasteiger partial charge in [0.25, 0.3) is 0 Å². The summed E-state index contributed by atoms with van der Waals surface area (Å²) in [4.78, 5) is 22.9. The lowest BCUT2D eigenvalue weighted by Crippen LogP contribution is -2.29. The van der Waals surface area contributed by atoms with Crippen LogP contribution in [0.5, 0.6) is 0 Å². The van der Waals surface area contributed by atoms with Crippen molar-refractivity contribution in [2.45, 2.75) is 69.2 Å². The van der Waals surface area contributed by atoms with E-state index in [4.69, 9.17) is 0 Å². The SMILES string of the molecule is O=C(C1CC1)N1[C@@H]2CC[C@H]1c1ccc(Nc3ncc(C(F)(F)F)c(NC4CCC4)n3)cc12. The number of hydrogen-bond acceptors (Lipinski definition) is 5. The fraction of sp³-hybridized carbons (Fsp3) is 0.522. The molecule has 2 aliphatic carbocycles. The third kappa shape index (κ3) is 3.29. The van der Waals surface area contributed by atoms with Crippen LogP contribution >= 0.6 is 0 Å². The highest BCUT2D eigenvalue weighted by Crippen LogP contribution is 2.55. The monoisotopic (exact) mass is 443 g/mol. The highest BCUT2D eigenvalue weighted by Gasteiger charge is 2.49. The van der Waals surface area contributed by atoms with Crippen LogP contribution in [0.15, 0.2) is 24.4 Å². The molecule has 1 saturated heterocycles. The lowest BCUT2D eigenvalue weighted by Gasteiger charge is -2.28. The first kappa shape index (κ1) is 19.8. The maximum Gasteiger partial charge on any atom is 0.421 e. The molecular formula is C23H24F3N5O. The van der Waals surface area contributed by atoms with Crippen molar-refractivity contribution in [3.63, 3.8) is 0 Å². The number of aromatic nitrogens is 2. The lowest BCUT2D eigenvalue weighted by atomic mass is 9.91. The second-order valence-corrected chi connectivity index (χ2v) is 9.32. The molecule has 2 atom stereocenters. The Hall–Kier alpha value is -2.84. The Morgan fingerprint density at radius 1 is 1.03 bits per heavy atom. The maximum atomic E-state index is 13.4. The van der Waals surface area contributed by atoms with Gasteiger partial charge in [0.1, 0.15) is 11.4 Å². The average Bonchev–Trinajstić information content (AvgIpc) is 3.42. The quantitative estimate of drug-likeness (QED) is 0.654. The summed E-state index contributed by atoms with van der Waals surface area (Å²) >= 11 is 0. The second-order valence-electron chi connectivity index (χ2n) is 9.32. The predicted molar refractivity (Wildman–Crippen MR) is 112 cm³/mol. The standard InChI is InChI=1S/C23H24F3N5O/c24-23(25,26)17-11-27-22(30-20(17)28-13-2-1-3-13)29-14-6-7-15-16(10-14)19-9-8-18(15)31(19)21(32)12-4-5-12/h6-7,10-13,18-19H,1-5,8-9H2,(H2,27,28,29,30)/t18-,19+/m0/s1. The zero-order valence-corrected chi connectivity index (χ0v) is 17.5. The minimum absolute atomic E-state index is 0.0179. The molecule has 1 amide bonds. The van der Waals surface area contributed by atoms with E-state index in [1.54, 1.807) is 0 Å². The molecule has 1 aromatic carbocycles. The maximum absolute atomic E-state index is 13.4. The molecule has 6 nitrogen and oxygen atoms in total. The largest absolute Gasteiger partial charge is 0.421 e. The number of fused-ring (bicyclic) bond motifs is 5. The number of carbonyl (C=O) groups excluding carboxylic acids is 1. The summed E-state index contributed by atoms with van der Waals surface area (Å²) in [5.74, 6) is 0.392. The van der Waals surface area contributed by atoms with E-state index in [-0.39, 0.29) is 41.7 Å². The van der Waals surface area contributed by atoms with Crippen molar-refractivity contribution in [3.8, 4) is 0 Å². The van der Waals surface area contributed by atoms with Gasteiger partial charge in [0.15, 0.2) is 0 Å². The first-order valence-electron chi connectivity index (χ1n) is 11.3. The predicted octanol–water partition coefficient (Wildman–Crippen LogP) is 5.33. The Bertz CT molecular complexity index is 1080. The van der Waals surface area contributed by atoms with Crippen molar-refractivity contribution in [2.75, 3.05) is 10.6 Å². The van der Waals surface area contributed by atoms with Gasteiger partial charge < -0.3 is 15.5 Å². The molecule has 3 fully saturated rings. The van der Waals surface area contributed by atoms with Crippen molar-refractivity contribution in [1.82, 2.24) is 14.9 Å². The summed E-state index contributed by atoms with van der Waals surface area (Å²) < 4.78 is 40.2. The van der Waals surface area contributed by atoms with E-state index < -0.39 is 11.7 Å². The molecule has 168 valence electrons. The second kappa shape index (κ2) is 7.08. The smallest absolute Gasteiger partial charge is 0.367 e. The van der Waals surface area contributed by atoms with Crippen LogP contribution in [0.3, 0.4) is 0 Å². The molecule has 0 unspecified atom stereocenters. The van der Waals surface area contributed by atoms with E-state index in [1.165, 1.54) is 5.56 Å². The molecule has 3 heterocycles. The number of nitrogens with one attached hydrogen (secondary N) is 2. The Morgan fingerprint density at radius 2 is 1.78 bits per heavy atom. The Morgan fingerprint density at radius 3 is 2.44 bits per heavy atom. The van der Waals surface area contributed by atoms with Crippen molar-refractivity contribution in [2.24, 2.45) is 5.92 Å². The minimum atomic E-state index is -4.52. The van der Waals surface area contributed by atoms with Gasteiger partial charge in [-0.25, -0.2) is 4.98 Å².